The third kappa shape index (κ3) is 2.83. The maximum Gasteiger partial charge on any atom is 0.139 e. The van der Waals surface area contributed by atoms with Gasteiger partial charge in [0.15, 0.2) is 0 Å². The largest absolute Gasteiger partial charge is 0.246 e. The molecule has 0 spiro atoms. The Balaban J connectivity index is 4.43. The van der Waals surface area contributed by atoms with Gasteiger partial charge in [0.1, 0.15) is 11.8 Å². The smallest absolute Gasteiger partial charge is 0.139 e. The van der Waals surface area contributed by atoms with Gasteiger partial charge in [-0.05, 0) is 19.4 Å². The van der Waals surface area contributed by atoms with Crippen molar-refractivity contribution in [3.63, 3.8) is 0 Å². The highest BCUT2D eigenvalue weighted by Crippen LogP contribution is 2.01. The maximum atomic E-state index is 8.47. The van der Waals surface area contributed by atoms with Crippen LogP contribution in [0.1, 0.15) is 13.8 Å². The minimum Gasteiger partial charge on any atom is -0.246 e. The Morgan fingerprint density at radius 2 is 2.20 bits per heavy atom. The molecule has 0 aliphatic carbocycles. The average molecular weight is 134 g/mol. The molecule has 0 unspecified atom stereocenters. The fourth-order valence-electron chi connectivity index (χ4n) is 0.397. The van der Waals surface area contributed by atoms with E-state index in [1.54, 1.807) is 6.08 Å². The molecule has 52 valence electrons. The van der Waals surface area contributed by atoms with Crippen LogP contribution in [0.25, 0.3) is 0 Å². The van der Waals surface area contributed by atoms with Crippen molar-refractivity contribution in [1.29, 1.82) is 5.26 Å². The lowest BCUT2D eigenvalue weighted by Crippen LogP contribution is -1.77. The molecule has 2 nitrogen and oxygen atoms in total. The van der Waals surface area contributed by atoms with Gasteiger partial charge in [-0.2, -0.15) is 5.26 Å². The second kappa shape index (κ2) is 4.51. The van der Waals surface area contributed by atoms with Crippen LogP contribution in [0.15, 0.2) is 28.9 Å². The summed E-state index contributed by atoms with van der Waals surface area (Å²) in [4.78, 5) is 3.84. The topological polar surface area (TPSA) is 36.1 Å². The van der Waals surface area contributed by atoms with Gasteiger partial charge in [-0.25, -0.2) is 4.99 Å². The molecule has 0 saturated carbocycles. The van der Waals surface area contributed by atoms with Gasteiger partial charge in [0.25, 0.3) is 0 Å². The molecule has 0 amide bonds. The van der Waals surface area contributed by atoms with Gasteiger partial charge in [0.2, 0.25) is 0 Å². The lowest BCUT2D eigenvalue weighted by atomic mass is 10.3. The van der Waals surface area contributed by atoms with Crippen molar-refractivity contribution < 1.29 is 0 Å². The molecule has 0 radical (unpaired) electrons. The van der Waals surface area contributed by atoms with Gasteiger partial charge in [-0.15, -0.1) is 0 Å². The molecule has 0 atom stereocenters. The normalized spacial score (nSPS) is 8.90. The Bertz CT molecular complexity index is 212. The molecule has 0 fully saturated rings. The Labute approximate surface area is 61.2 Å². The lowest BCUT2D eigenvalue weighted by Gasteiger charge is -1.88. The van der Waals surface area contributed by atoms with Crippen LogP contribution >= 0.6 is 0 Å². The van der Waals surface area contributed by atoms with E-state index in [4.69, 9.17) is 5.26 Å². The summed E-state index contributed by atoms with van der Waals surface area (Å²) in [6.07, 6.45) is 3.05. The van der Waals surface area contributed by atoms with Crippen molar-refractivity contribution in [3.05, 3.63) is 23.9 Å². The molecule has 0 aliphatic heterocycles. The number of aliphatic imine (C=N–C) groups is 1. The summed E-state index contributed by atoms with van der Waals surface area (Å²) in [7, 11) is 0. The highest BCUT2D eigenvalue weighted by atomic mass is 14.7. The minimum atomic E-state index is 0.458. The highest BCUT2D eigenvalue weighted by Gasteiger charge is 1.90. The second-order valence-corrected chi connectivity index (χ2v) is 1.97. The van der Waals surface area contributed by atoms with Crippen molar-refractivity contribution in [2.45, 2.75) is 13.8 Å². The van der Waals surface area contributed by atoms with Crippen molar-refractivity contribution in [3.8, 4) is 6.07 Å². The standard InChI is InChI=1S/C8H10N2/c1-4-5-10-8(6-9)7(2)3/h4-5H,1H2,2-3H3. The molecule has 2 heteroatoms. The van der Waals surface area contributed by atoms with Crippen molar-refractivity contribution in [2.75, 3.05) is 0 Å². The van der Waals surface area contributed by atoms with Crippen LogP contribution in [0, 0.1) is 11.3 Å². The molecular weight excluding hydrogens is 124 g/mol. The zero-order valence-corrected chi connectivity index (χ0v) is 6.26. The average Bonchev–Trinajstić information content (AvgIpc) is 1.89. The van der Waals surface area contributed by atoms with Gasteiger partial charge in [-0.3, -0.25) is 0 Å². The molecule has 0 rings (SSSR count). The van der Waals surface area contributed by atoms with E-state index in [0.717, 1.165) is 5.57 Å². The minimum absolute atomic E-state index is 0.458. The van der Waals surface area contributed by atoms with Crippen molar-refractivity contribution in [1.82, 2.24) is 0 Å². The summed E-state index contributed by atoms with van der Waals surface area (Å²) >= 11 is 0. The van der Waals surface area contributed by atoms with Crippen LogP contribution in [0.4, 0.5) is 0 Å². The fourth-order valence-corrected chi connectivity index (χ4v) is 0.397. The first-order valence-electron chi connectivity index (χ1n) is 2.95. The number of nitriles is 1. The quantitative estimate of drug-likeness (QED) is 0.420. The van der Waals surface area contributed by atoms with E-state index < -0.39 is 0 Å². The van der Waals surface area contributed by atoms with E-state index in [1.807, 2.05) is 19.9 Å². The first-order chi connectivity index (χ1) is 4.72. The Morgan fingerprint density at radius 3 is 2.50 bits per heavy atom. The number of hydrogen-bond acceptors (Lipinski definition) is 2. The van der Waals surface area contributed by atoms with E-state index in [0.29, 0.717) is 5.70 Å². The van der Waals surface area contributed by atoms with E-state index >= 15 is 0 Å². The molecule has 0 heterocycles. The molecule has 0 aromatic rings. The number of allylic oxidation sites excluding steroid dienone is 3. The van der Waals surface area contributed by atoms with Crippen LogP contribution in [0.5, 0.6) is 0 Å². The zero-order valence-electron chi connectivity index (χ0n) is 6.26. The first kappa shape index (κ1) is 8.64. The van der Waals surface area contributed by atoms with Gasteiger partial charge in [0, 0.05) is 6.21 Å². The van der Waals surface area contributed by atoms with Crippen LogP contribution < -0.4 is 0 Å². The number of rotatable bonds is 2. The summed E-state index contributed by atoms with van der Waals surface area (Å²) in [6.45, 7) is 7.14. The van der Waals surface area contributed by atoms with E-state index in [2.05, 4.69) is 11.6 Å². The lowest BCUT2D eigenvalue weighted by molar-refractivity contribution is 1.26. The first-order valence-corrected chi connectivity index (χ1v) is 2.95. The van der Waals surface area contributed by atoms with Crippen molar-refractivity contribution >= 4 is 6.21 Å². The molecule has 0 aromatic carbocycles. The van der Waals surface area contributed by atoms with Crippen LogP contribution in [-0.2, 0) is 0 Å². The van der Waals surface area contributed by atoms with Crippen LogP contribution in [-0.4, -0.2) is 6.21 Å². The van der Waals surface area contributed by atoms with Crippen molar-refractivity contribution in [2.24, 2.45) is 4.99 Å². The fraction of sp³-hybridized carbons (Fsp3) is 0.250. The second-order valence-electron chi connectivity index (χ2n) is 1.97. The molecular formula is C8H10N2. The summed E-state index contributed by atoms with van der Waals surface area (Å²) in [5, 5.41) is 8.47. The van der Waals surface area contributed by atoms with Crippen LogP contribution in [0.2, 0.25) is 0 Å². The summed E-state index contributed by atoms with van der Waals surface area (Å²) in [5.74, 6) is 0. The van der Waals surface area contributed by atoms with Crippen LogP contribution in [0.3, 0.4) is 0 Å². The number of nitrogens with zero attached hydrogens (tertiary/aromatic N) is 2. The molecule has 0 aliphatic rings. The predicted molar refractivity (Wildman–Crippen MR) is 42.7 cm³/mol. The zero-order chi connectivity index (χ0) is 7.98. The third-order valence-corrected chi connectivity index (χ3v) is 0.889. The molecule has 0 aromatic heterocycles. The molecule has 0 bridgehead atoms. The summed E-state index contributed by atoms with van der Waals surface area (Å²) in [6, 6.07) is 1.97. The maximum absolute atomic E-state index is 8.47. The SMILES string of the molecule is C=CC=NC(C#N)=C(C)C. The van der Waals surface area contributed by atoms with E-state index in [1.165, 1.54) is 6.21 Å². The summed E-state index contributed by atoms with van der Waals surface area (Å²) in [5.41, 5.74) is 1.38. The monoisotopic (exact) mass is 134 g/mol. The molecule has 0 saturated heterocycles. The predicted octanol–water partition coefficient (Wildman–Crippen LogP) is 2.06. The Hall–Kier alpha value is -1.36. The van der Waals surface area contributed by atoms with E-state index in [-0.39, 0.29) is 0 Å². The Kier molecular flexibility index (Phi) is 3.90. The highest BCUT2D eigenvalue weighted by molar-refractivity contribution is 5.71. The van der Waals surface area contributed by atoms with Gasteiger partial charge >= 0.3 is 0 Å². The van der Waals surface area contributed by atoms with E-state index in [9.17, 15) is 0 Å². The van der Waals surface area contributed by atoms with Gasteiger partial charge in [0.05, 0.1) is 0 Å². The third-order valence-electron chi connectivity index (χ3n) is 0.889. The van der Waals surface area contributed by atoms with Gasteiger partial charge in [-0.1, -0.05) is 12.7 Å². The summed E-state index contributed by atoms with van der Waals surface area (Å²) < 4.78 is 0. The Morgan fingerprint density at radius 1 is 1.60 bits per heavy atom. The van der Waals surface area contributed by atoms with Gasteiger partial charge < -0.3 is 0 Å². The number of hydrogen-bond donors (Lipinski definition) is 0. The molecule has 10 heavy (non-hydrogen) atoms. The molecule has 0 N–H and O–H groups in total.